The predicted octanol–water partition coefficient (Wildman–Crippen LogP) is 1.45. The van der Waals surface area contributed by atoms with Gasteiger partial charge in [0.2, 0.25) is 0 Å². The molecule has 1 fully saturated rings. The van der Waals surface area contributed by atoms with Gasteiger partial charge >= 0.3 is 11.0 Å². The van der Waals surface area contributed by atoms with Gasteiger partial charge in [0.25, 0.3) is 5.91 Å². The first-order valence-electron chi connectivity index (χ1n) is 5.66. The zero-order valence-corrected chi connectivity index (χ0v) is 10.9. The fourth-order valence-electron chi connectivity index (χ4n) is 1.89. The number of carboxylic acid groups (broad SMARTS) is 1. The van der Waals surface area contributed by atoms with Gasteiger partial charge in [-0.2, -0.15) is 0 Å². The summed E-state index contributed by atoms with van der Waals surface area (Å²) in [5.74, 6) is -1.67. The van der Waals surface area contributed by atoms with Gasteiger partial charge in [0.05, 0.1) is 15.7 Å². The third-order valence-electron chi connectivity index (χ3n) is 3.28. The molecule has 2 heterocycles. The Kier molecular flexibility index (Phi) is 3.52. The Hall–Kier alpha value is -1.96. The van der Waals surface area contributed by atoms with Crippen LogP contribution in [0.5, 0.6) is 0 Å². The fraction of sp³-hybridized carbons (Fsp3) is 0.455. The zero-order chi connectivity index (χ0) is 14.2. The first kappa shape index (κ1) is 13.5. The molecule has 1 aliphatic heterocycles. The highest BCUT2D eigenvalue weighted by atomic mass is 32.1. The molecule has 102 valence electrons. The molecule has 1 amide bonds. The maximum Gasteiger partial charge on any atom is 0.324 e. The van der Waals surface area contributed by atoms with Crippen LogP contribution in [-0.2, 0) is 4.79 Å². The lowest BCUT2D eigenvalue weighted by molar-refractivity contribution is -0.380. The van der Waals surface area contributed by atoms with Crippen LogP contribution in [0.1, 0.15) is 16.6 Å². The first-order chi connectivity index (χ1) is 8.90. The molecule has 1 unspecified atom stereocenters. The molecule has 8 heteroatoms. The van der Waals surface area contributed by atoms with Gasteiger partial charge in [-0.25, -0.2) is 0 Å². The van der Waals surface area contributed by atoms with E-state index in [9.17, 15) is 19.7 Å². The summed E-state index contributed by atoms with van der Waals surface area (Å²) in [6.07, 6.45) is 0. The van der Waals surface area contributed by atoms with Crippen molar-refractivity contribution in [1.29, 1.82) is 0 Å². The molecule has 0 bridgehead atoms. The third kappa shape index (κ3) is 2.58. The lowest BCUT2D eigenvalue weighted by Gasteiger charge is -2.40. The van der Waals surface area contributed by atoms with Crippen molar-refractivity contribution < 1.29 is 19.6 Å². The van der Waals surface area contributed by atoms with Crippen molar-refractivity contribution in [2.75, 3.05) is 13.1 Å². The van der Waals surface area contributed by atoms with Gasteiger partial charge in [0.1, 0.15) is 0 Å². The molecule has 1 aliphatic rings. The highest BCUT2D eigenvalue weighted by Gasteiger charge is 2.38. The second-order valence-corrected chi connectivity index (χ2v) is 5.55. The van der Waals surface area contributed by atoms with Gasteiger partial charge in [-0.05, 0) is 6.07 Å². The van der Waals surface area contributed by atoms with Crippen LogP contribution in [0.15, 0.2) is 12.1 Å². The van der Waals surface area contributed by atoms with Crippen LogP contribution in [0.25, 0.3) is 0 Å². The van der Waals surface area contributed by atoms with E-state index in [1.165, 1.54) is 17.0 Å². The second-order valence-electron chi connectivity index (χ2n) is 4.49. The van der Waals surface area contributed by atoms with Crippen molar-refractivity contribution in [3.8, 4) is 0 Å². The minimum absolute atomic E-state index is 0.0450. The number of rotatable bonds is 4. The number of hydrogen-bond acceptors (Lipinski definition) is 5. The summed E-state index contributed by atoms with van der Waals surface area (Å²) in [6.45, 7) is 2.39. The van der Waals surface area contributed by atoms with Crippen LogP contribution in [0, 0.1) is 22.0 Å². The van der Waals surface area contributed by atoms with E-state index in [0.717, 1.165) is 11.3 Å². The van der Waals surface area contributed by atoms with Gasteiger partial charge < -0.3 is 10.0 Å². The Morgan fingerprint density at radius 1 is 1.53 bits per heavy atom. The Bertz CT molecular complexity index is 535. The van der Waals surface area contributed by atoms with Crippen LogP contribution < -0.4 is 0 Å². The topological polar surface area (TPSA) is 101 Å². The number of carboxylic acids is 1. The average Bonchev–Trinajstić information content (AvgIpc) is 2.75. The summed E-state index contributed by atoms with van der Waals surface area (Å²) in [5, 5.41) is 19.3. The smallest absolute Gasteiger partial charge is 0.324 e. The van der Waals surface area contributed by atoms with E-state index in [1.54, 1.807) is 6.92 Å². The lowest BCUT2D eigenvalue weighted by atomic mass is 9.87. The summed E-state index contributed by atoms with van der Waals surface area (Å²) in [4.78, 5) is 34.6. The van der Waals surface area contributed by atoms with E-state index in [4.69, 9.17) is 5.11 Å². The van der Waals surface area contributed by atoms with Gasteiger partial charge in [0.15, 0.2) is 0 Å². The molecule has 1 N–H and O–H groups in total. The Morgan fingerprint density at radius 3 is 2.63 bits per heavy atom. The highest BCUT2D eigenvalue weighted by Crippen LogP contribution is 2.29. The number of amides is 1. The predicted molar refractivity (Wildman–Crippen MR) is 67.2 cm³/mol. The molecule has 0 saturated carbocycles. The number of carbonyl (C=O) groups excluding carboxylic acids is 1. The fourth-order valence-corrected chi connectivity index (χ4v) is 2.68. The molecular weight excluding hydrogens is 272 g/mol. The minimum atomic E-state index is -0.871. The van der Waals surface area contributed by atoms with E-state index in [2.05, 4.69) is 0 Å². The normalized spacial score (nSPS) is 16.8. The average molecular weight is 284 g/mol. The largest absolute Gasteiger partial charge is 0.481 e. The second kappa shape index (κ2) is 4.96. The van der Waals surface area contributed by atoms with Gasteiger partial charge in [-0.15, -0.1) is 0 Å². The van der Waals surface area contributed by atoms with Crippen LogP contribution in [0.4, 0.5) is 5.00 Å². The van der Waals surface area contributed by atoms with Gasteiger partial charge in [-0.3, -0.25) is 19.7 Å². The summed E-state index contributed by atoms with van der Waals surface area (Å²) in [7, 11) is 0. The summed E-state index contributed by atoms with van der Waals surface area (Å²) in [5.41, 5.74) is 0. The van der Waals surface area contributed by atoms with E-state index in [0.29, 0.717) is 18.0 Å². The van der Waals surface area contributed by atoms with Crippen molar-refractivity contribution >= 4 is 28.2 Å². The van der Waals surface area contributed by atoms with Crippen LogP contribution in [0.2, 0.25) is 0 Å². The Morgan fingerprint density at radius 2 is 2.16 bits per heavy atom. The molecule has 1 aromatic rings. The number of hydrogen-bond donors (Lipinski definition) is 1. The monoisotopic (exact) mass is 284 g/mol. The molecule has 0 aromatic carbocycles. The molecule has 2 rings (SSSR count). The zero-order valence-electron chi connectivity index (χ0n) is 10.1. The maximum atomic E-state index is 12.0. The first-order valence-corrected chi connectivity index (χ1v) is 6.48. The van der Waals surface area contributed by atoms with E-state index in [1.807, 2.05) is 0 Å². The summed E-state index contributed by atoms with van der Waals surface area (Å²) >= 11 is 0.836. The molecule has 0 spiro atoms. The SMILES string of the molecule is CC(C(=O)O)C1CN(C(=O)c2ccc([N+](=O)[O-])s2)C1. The van der Waals surface area contributed by atoms with E-state index >= 15 is 0 Å². The minimum Gasteiger partial charge on any atom is -0.481 e. The third-order valence-corrected chi connectivity index (χ3v) is 4.30. The molecule has 0 radical (unpaired) electrons. The molecule has 1 saturated heterocycles. The molecular formula is C11H12N2O5S. The molecule has 1 aromatic heterocycles. The number of likely N-dealkylation sites (tertiary alicyclic amines) is 1. The lowest BCUT2D eigenvalue weighted by Crippen LogP contribution is -2.53. The molecule has 1 atom stereocenters. The quantitative estimate of drug-likeness (QED) is 0.666. The molecule has 7 nitrogen and oxygen atoms in total. The number of aliphatic carboxylic acids is 1. The molecule has 19 heavy (non-hydrogen) atoms. The molecule has 0 aliphatic carbocycles. The number of nitrogens with zero attached hydrogens (tertiary/aromatic N) is 2. The van der Waals surface area contributed by atoms with Gasteiger partial charge in [-0.1, -0.05) is 18.3 Å². The summed E-state index contributed by atoms with van der Waals surface area (Å²) < 4.78 is 0. The Labute approximate surface area is 112 Å². The summed E-state index contributed by atoms with van der Waals surface area (Å²) in [6, 6.07) is 2.73. The maximum absolute atomic E-state index is 12.0. The van der Waals surface area contributed by atoms with Crippen molar-refractivity contribution in [2.24, 2.45) is 11.8 Å². The van der Waals surface area contributed by atoms with Crippen LogP contribution in [0.3, 0.4) is 0 Å². The van der Waals surface area contributed by atoms with Gasteiger partial charge in [0, 0.05) is 25.1 Å². The van der Waals surface area contributed by atoms with Crippen molar-refractivity contribution in [3.63, 3.8) is 0 Å². The number of carbonyl (C=O) groups is 2. The highest BCUT2D eigenvalue weighted by molar-refractivity contribution is 7.17. The van der Waals surface area contributed by atoms with Crippen molar-refractivity contribution in [1.82, 2.24) is 4.90 Å². The van der Waals surface area contributed by atoms with Crippen molar-refractivity contribution in [2.45, 2.75) is 6.92 Å². The Balaban J connectivity index is 1.96. The number of thiophene rings is 1. The standard InChI is InChI=1S/C11H12N2O5S/c1-6(11(15)16)7-4-12(5-7)10(14)8-2-3-9(19-8)13(17)18/h2-3,6-7H,4-5H2,1H3,(H,15,16). The van der Waals surface area contributed by atoms with Crippen LogP contribution >= 0.6 is 11.3 Å². The van der Waals surface area contributed by atoms with E-state index in [-0.39, 0.29) is 16.8 Å². The number of nitro groups is 1. The van der Waals surface area contributed by atoms with E-state index < -0.39 is 16.8 Å². The van der Waals surface area contributed by atoms with Crippen molar-refractivity contribution in [3.05, 3.63) is 27.1 Å². The van der Waals surface area contributed by atoms with Crippen LogP contribution in [-0.4, -0.2) is 39.9 Å².